The molecule has 0 aliphatic heterocycles. The van der Waals surface area contributed by atoms with Crippen LogP contribution in [0.4, 0.5) is 0 Å². The van der Waals surface area contributed by atoms with Crippen LogP contribution in [-0.2, 0) is 24.0 Å². The Morgan fingerprint density at radius 3 is 2.03 bits per heavy atom. The minimum absolute atomic E-state index is 0.175. The van der Waals surface area contributed by atoms with E-state index in [1.54, 1.807) is 0 Å². The fourth-order valence-corrected chi connectivity index (χ4v) is 4.55. The highest BCUT2D eigenvalue weighted by Gasteiger charge is 2.20. The molecule has 0 bridgehead atoms. The summed E-state index contributed by atoms with van der Waals surface area (Å²) in [6.45, 7) is 2.51. The van der Waals surface area contributed by atoms with Crippen molar-refractivity contribution in [2.45, 2.75) is 30.9 Å². The molecule has 1 unspecified atom stereocenters. The van der Waals surface area contributed by atoms with Crippen LogP contribution in [0.2, 0.25) is 0 Å². The van der Waals surface area contributed by atoms with E-state index in [-0.39, 0.29) is 6.04 Å². The van der Waals surface area contributed by atoms with Crippen molar-refractivity contribution in [1.82, 2.24) is 4.72 Å². The van der Waals surface area contributed by atoms with Crippen LogP contribution in [0.15, 0.2) is 114 Å². The fourth-order valence-electron chi connectivity index (χ4n) is 3.56. The van der Waals surface area contributed by atoms with Gasteiger partial charge in [0, 0.05) is 5.56 Å². The molecule has 0 radical (unpaired) electrons. The van der Waals surface area contributed by atoms with Crippen molar-refractivity contribution in [3.63, 3.8) is 0 Å². The largest absolute Gasteiger partial charge is 0.489 e. The predicted octanol–water partition coefficient (Wildman–Crippen LogP) is 6.17. The second-order valence-corrected chi connectivity index (χ2v) is 9.00. The van der Waals surface area contributed by atoms with Gasteiger partial charge in [-0.2, -0.15) is 0 Å². The van der Waals surface area contributed by atoms with Crippen molar-refractivity contribution in [3.05, 3.63) is 131 Å². The lowest BCUT2D eigenvalue weighted by Crippen LogP contribution is -2.26. The highest BCUT2D eigenvalue weighted by molar-refractivity contribution is 7.83. The van der Waals surface area contributed by atoms with Gasteiger partial charge in [-0.05, 0) is 42.7 Å². The summed E-state index contributed by atoms with van der Waals surface area (Å²) >= 11 is 0. The Kier molecular flexibility index (Phi) is 7.49. The fraction of sp³-hybridized carbons (Fsp3) is 0.143. The van der Waals surface area contributed by atoms with Gasteiger partial charge in [0.05, 0.1) is 10.9 Å². The Morgan fingerprint density at radius 1 is 0.750 bits per heavy atom. The Bertz CT molecular complexity index is 1140. The van der Waals surface area contributed by atoms with Crippen LogP contribution in [0, 0.1) is 6.92 Å². The van der Waals surface area contributed by atoms with Gasteiger partial charge in [-0.3, -0.25) is 0 Å². The number of para-hydroxylation sites is 1. The molecule has 0 aliphatic rings. The summed E-state index contributed by atoms with van der Waals surface area (Å²) in [6, 6.07) is 36.0. The predicted molar refractivity (Wildman–Crippen MR) is 131 cm³/mol. The van der Waals surface area contributed by atoms with Crippen molar-refractivity contribution in [3.8, 4) is 5.75 Å². The van der Waals surface area contributed by atoms with Gasteiger partial charge in [0.1, 0.15) is 23.3 Å². The van der Waals surface area contributed by atoms with Crippen LogP contribution in [-0.4, -0.2) is 4.21 Å². The van der Waals surface area contributed by atoms with Gasteiger partial charge in [-0.15, -0.1) is 0 Å². The lowest BCUT2D eigenvalue weighted by atomic mass is 9.99. The molecule has 0 fully saturated rings. The van der Waals surface area contributed by atoms with Crippen LogP contribution in [0.5, 0.6) is 5.75 Å². The molecule has 4 heteroatoms. The average Bonchev–Trinajstić information content (AvgIpc) is 2.84. The molecule has 0 heterocycles. The van der Waals surface area contributed by atoms with Gasteiger partial charge in [0.15, 0.2) is 0 Å². The summed E-state index contributed by atoms with van der Waals surface area (Å²) in [5.41, 5.74) is 4.42. The van der Waals surface area contributed by atoms with Crippen LogP contribution >= 0.6 is 0 Å². The molecule has 3 nitrogen and oxygen atoms in total. The average molecular weight is 442 g/mol. The van der Waals surface area contributed by atoms with E-state index in [1.165, 1.54) is 5.56 Å². The van der Waals surface area contributed by atoms with Crippen LogP contribution in [0.25, 0.3) is 0 Å². The van der Waals surface area contributed by atoms with Crippen molar-refractivity contribution in [2.24, 2.45) is 0 Å². The third-order valence-electron chi connectivity index (χ3n) is 5.30. The van der Waals surface area contributed by atoms with E-state index in [9.17, 15) is 4.21 Å². The molecule has 4 aromatic rings. The van der Waals surface area contributed by atoms with Gasteiger partial charge in [-0.25, -0.2) is 8.93 Å². The quantitative estimate of drug-likeness (QED) is 0.337. The van der Waals surface area contributed by atoms with Gasteiger partial charge in [0.2, 0.25) is 0 Å². The van der Waals surface area contributed by atoms with Gasteiger partial charge < -0.3 is 4.74 Å². The molecule has 0 amide bonds. The second kappa shape index (κ2) is 10.9. The third kappa shape index (κ3) is 5.94. The number of ether oxygens (including phenoxy) is 1. The zero-order chi connectivity index (χ0) is 22.2. The number of hydrogen-bond acceptors (Lipinski definition) is 2. The van der Waals surface area contributed by atoms with Crippen LogP contribution in [0.3, 0.4) is 0 Å². The topological polar surface area (TPSA) is 38.3 Å². The van der Waals surface area contributed by atoms with E-state index in [0.29, 0.717) is 13.0 Å². The van der Waals surface area contributed by atoms with Crippen molar-refractivity contribution in [1.29, 1.82) is 0 Å². The molecule has 0 spiro atoms. The van der Waals surface area contributed by atoms with E-state index in [0.717, 1.165) is 27.3 Å². The first-order valence-corrected chi connectivity index (χ1v) is 11.9. The van der Waals surface area contributed by atoms with Crippen LogP contribution < -0.4 is 9.46 Å². The maximum Gasteiger partial charge on any atom is 0.125 e. The SMILES string of the molecule is Cc1ccc(S(=O)N[C@H](Cc2ccccc2)c2ccccc2OCc2ccccc2)cc1. The third-order valence-corrected chi connectivity index (χ3v) is 6.50. The van der Waals surface area contributed by atoms with Gasteiger partial charge in [-0.1, -0.05) is 96.6 Å². The molecular formula is C28H27NO2S. The first kappa shape index (κ1) is 22.0. The van der Waals surface area contributed by atoms with E-state index in [4.69, 9.17) is 4.74 Å². The summed E-state index contributed by atoms with van der Waals surface area (Å²) in [5, 5.41) is 0. The number of hydrogen-bond donors (Lipinski definition) is 1. The number of nitrogens with one attached hydrogen (secondary N) is 1. The molecular weight excluding hydrogens is 414 g/mol. The lowest BCUT2D eigenvalue weighted by molar-refractivity contribution is 0.300. The molecule has 0 aromatic heterocycles. The zero-order valence-corrected chi connectivity index (χ0v) is 18.9. The summed E-state index contributed by atoms with van der Waals surface area (Å²) in [4.78, 5) is 0.761. The van der Waals surface area contributed by atoms with E-state index in [2.05, 4.69) is 29.0 Å². The Balaban J connectivity index is 1.60. The van der Waals surface area contributed by atoms with E-state index >= 15 is 0 Å². The van der Waals surface area contributed by atoms with E-state index < -0.39 is 11.0 Å². The number of aryl methyl sites for hydroxylation is 1. The minimum Gasteiger partial charge on any atom is -0.489 e. The maximum absolute atomic E-state index is 13.2. The summed E-state index contributed by atoms with van der Waals surface area (Å²) < 4.78 is 22.7. The van der Waals surface area contributed by atoms with E-state index in [1.807, 2.05) is 91.9 Å². The second-order valence-electron chi connectivity index (χ2n) is 7.75. The number of benzene rings is 4. The molecule has 162 valence electrons. The maximum atomic E-state index is 13.2. The lowest BCUT2D eigenvalue weighted by Gasteiger charge is -2.22. The highest BCUT2D eigenvalue weighted by Crippen LogP contribution is 2.29. The Hall–Kier alpha value is -3.21. The van der Waals surface area contributed by atoms with Crippen molar-refractivity contribution in [2.75, 3.05) is 0 Å². The molecule has 4 rings (SSSR count). The standard InChI is InChI=1S/C28H27NO2S/c1-22-16-18-25(19-17-22)32(30)29-27(20-23-10-4-2-5-11-23)26-14-8-9-15-28(26)31-21-24-12-6-3-7-13-24/h2-19,27,29H,20-21H2,1H3/t27-,32?/m1/s1. The molecule has 0 saturated carbocycles. The molecule has 1 N–H and O–H groups in total. The normalized spacial score (nSPS) is 12.8. The Labute approximate surface area is 192 Å². The molecule has 0 aliphatic carbocycles. The van der Waals surface area contributed by atoms with Crippen molar-refractivity contribution < 1.29 is 8.95 Å². The first-order valence-electron chi connectivity index (χ1n) is 10.7. The smallest absolute Gasteiger partial charge is 0.125 e. The summed E-state index contributed by atoms with van der Waals surface area (Å²) in [6.07, 6.45) is 0.699. The highest BCUT2D eigenvalue weighted by atomic mass is 32.2. The molecule has 2 atom stereocenters. The van der Waals surface area contributed by atoms with Crippen LogP contribution in [0.1, 0.15) is 28.3 Å². The first-order chi connectivity index (χ1) is 15.7. The molecule has 0 saturated heterocycles. The summed E-state index contributed by atoms with van der Waals surface area (Å²) in [7, 11) is -1.35. The minimum atomic E-state index is -1.35. The number of rotatable bonds is 9. The molecule has 4 aromatic carbocycles. The van der Waals surface area contributed by atoms with Gasteiger partial charge >= 0.3 is 0 Å². The monoisotopic (exact) mass is 441 g/mol. The van der Waals surface area contributed by atoms with Gasteiger partial charge in [0.25, 0.3) is 0 Å². The zero-order valence-electron chi connectivity index (χ0n) is 18.1. The summed E-state index contributed by atoms with van der Waals surface area (Å²) in [5.74, 6) is 0.797. The van der Waals surface area contributed by atoms with Crippen molar-refractivity contribution >= 4 is 11.0 Å². The molecule has 32 heavy (non-hydrogen) atoms. The Morgan fingerprint density at radius 2 is 1.34 bits per heavy atom.